The third-order valence-corrected chi connectivity index (χ3v) is 3.60. The lowest BCUT2D eigenvalue weighted by Crippen LogP contribution is -2.51. The molecule has 3 heteroatoms. The molecule has 3 nitrogen and oxygen atoms in total. The fraction of sp³-hybridized carbons (Fsp3) is 1.00. The highest BCUT2D eigenvalue weighted by molar-refractivity contribution is 4.91. The first kappa shape index (κ1) is 8.21. The molecule has 0 saturated carbocycles. The minimum Gasteiger partial charge on any atom is -0.380 e. The summed E-state index contributed by atoms with van der Waals surface area (Å²) in [6, 6.07) is 0. The second-order valence-corrected chi connectivity index (χ2v) is 4.75. The topological polar surface area (TPSA) is 25.0 Å². The van der Waals surface area contributed by atoms with Crippen molar-refractivity contribution in [2.75, 3.05) is 39.5 Å². The van der Waals surface area contributed by atoms with Crippen LogP contribution >= 0.6 is 0 Å². The van der Waals surface area contributed by atoms with Crippen LogP contribution in [-0.2, 0) is 9.47 Å². The van der Waals surface area contributed by atoms with Crippen molar-refractivity contribution < 1.29 is 9.47 Å². The highest BCUT2D eigenvalue weighted by Gasteiger charge is 2.41. The number of likely N-dealkylation sites (tertiary alicyclic amines) is 1. The Kier molecular flexibility index (Phi) is 1.86. The second-order valence-electron chi connectivity index (χ2n) is 4.75. The zero-order chi connectivity index (χ0) is 8.73. The molecule has 0 unspecified atom stereocenters. The van der Waals surface area contributed by atoms with E-state index >= 15 is 0 Å². The number of nitrogens with zero attached hydrogens (tertiary/aromatic N) is 1. The van der Waals surface area contributed by atoms with Crippen molar-refractivity contribution in [3.05, 3.63) is 0 Å². The zero-order valence-electron chi connectivity index (χ0n) is 8.00. The second kappa shape index (κ2) is 2.94. The summed E-state index contributed by atoms with van der Waals surface area (Å²) < 4.78 is 10.5. The summed E-state index contributed by atoms with van der Waals surface area (Å²) in [4.78, 5) is 2.54. The van der Waals surface area contributed by atoms with Crippen molar-refractivity contribution >= 4 is 0 Å². The van der Waals surface area contributed by atoms with Crippen LogP contribution in [-0.4, -0.2) is 50.5 Å². The summed E-state index contributed by atoms with van der Waals surface area (Å²) in [5.74, 6) is 0. The molecule has 3 aliphatic heterocycles. The van der Waals surface area contributed by atoms with Gasteiger partial charge in [0.05, 0.1) is 25.9 Å². The van der Waals surface area contributed by atoms with Crippen molar-refractivity contribution in [1.82, 2.24) is 4.90 Å². The molecule has 0 aliphatic carbocycles. The van der Waals surface area contributed by atoms with E-state index in [1.54, 1.807) is 0 Å². The van der Waals surface area contributed by atoms with Gasteiger partial charge in [0, 0.05) is 12.0 Å². The summed E-state index contributed by atoms with van der Waals surface area (Å²) in [6.07, 6.45) is 3.23. The maximum atomic E-state index is 5.30. The Morgan fingerprint density at radius 2 is 1.92 bits per heavy atom. The van der Waals surface area contributed by atoms with Gasteiger partial charge in [-0.25, -0.2) is 0 Å². The Morgan fingerprint density at radius 1 is 1.23 bits per heavy atom. The van der Waals surface area contributed by atoms with E-state index in [0.717, 1.165) is 26.4 Å². The van der Waals surface area contributed by atoms with Gasteiger partial charge in [-0.15, -0.1) is 0 Å². The maximum absolute atomic E-state index is 5.30. The van der Waals surface area contributed by atoms with Crippen LogP contribution in [0.15, 0.2) is 0 Å². The van der Waals surface area contributed by atoms with E-state index < -0.39 is 0 Å². The molecule has 1 atom stereocenters. The summed E-state index contributed by atoms with van der Waals surface area (Å²) in [5.41, 5.74) is 0.584. The van der Waals surface area contributed by atoms with Crippen molar-refractivity contribution in [3.8, 4) is 0 Å². The van der Waals surface area contributed by atoms with Crippen molar-refractivity contribution in [2.45, 2.75) is 18.9 Å². The van der Waals surface area contributed by atoms with E-state index in [4.69, 9.17) is 9.47 Å². The fourth-order valence-corrected chi connectivity index (χ4v) is 2.35. The molecule has 0 aromatic rings. The summed E-state index contributed by atoms with van der Waals surface area (Å²) >= 11 is 0. The summed E-state index contributed by atoms with van der Waals surface area (Å²) in [6.45, 7) is 6.69. The molecule has 13 heavy (non-hydrogen) atoms. The number of piperidine rings is 1. The Bertz CT molecular complexity index is 189. The van der Waals surface area contributed by atoms with Gasteiger partial charge in [0.1, 0.15) is 0 Å². The third kappa shape index (κ3) is 1.60. The lowest BCUT2D eigenvalue weighted by molar-refractivity contribution is -0.139. The van der Waals surface area contributed by atoms with Crippen LogP contribution < -0.4 is 0 Å². The van der Waals surface area contributed by atoms with Gasteiger partial charge < -0.3 is 14.4 Å². The van der Waals surface area contributed by atoms with Gasteiger partial charge in [-0.05, 0) is 25.9 Å². The van der Waals surface area contributed by atoms with Gasteiger partial charge in [-0.1, -0.05) is 0 Å². The highest BCUT2D eigenvalue weighted by atomic mass is 16.6. The number of rotatable bonds is 2. The van der Waals surface area contributed by atoms with E-state index in [1.807, 2.05) is 0 Å². The SMILES string of the molecule is C1O[C@H]1CN1CCC2(CC1)COC2. The molecule has 3 aliphatic rings. The van der Waals surface area contributed by atoms with Crippen LogP contribution in [0.4, 0.5) is 0 Å². The molecule has 3 heterocycles. The quantitative estimate of drug-likeness (QED) is 0.583. The van der Waals surface area contributed by atoms with Crippen molar-refractivity contribution in [1.29, 1.82) is 0 Å². The maximum Gasteiger partial charge on any atom is 0.0936 e. The molecule has 0 aromatic carbocycles. The zero-order valence-corrected chi connectivity index (χ0v) is 8.00. The molecule has 3 rings (SSSR count). The van der Waals surface area contributed by atoms with Gasteiger partial charge in [0.2, 0.25) is 0 Å². The molecule has 0 amide bonds. The average Bonchev–Trinajstić information content (AvgIpc) is 2.87. The minimum absolute atomic E-state index is 0.562. The van der Waals surface area contributed by atoms with Crippen molar-refractivity contribution in [2.24, 2.45) is 5.41 Å². The van der Waals surface area contributed by atoms with Crippen LogP contribution in [0, 0.1) is 5.41 Å². The Balaban J connectivity index is 1.48. The number of epoxide rings is 1. The molecular weight excluding hydrogens is 166 g/mol. The third-order valence-electron chi connectivity index (χ3n) is 3.60. The average molecular weight is 183 g/mol. The molecular formula is C10H17NO2. The standard InChI is InChI=1S/C10H17NO2/c1-3-11(5-9-6-13-9)4-2-10(1)7-12-8-10/h9H,1-8H2/t9-/m0/s1. The predicted molar refractivity (Wildman–Crippen MR) is 48.7 cm³/mol. The molecule has 3 saturated heterocycles. The molecule has 74 valence electrons. The largest absolute Gasteiger partial charge is 0.380 e. The smallest absolute Gasteiger partial charge is 0.0936 e. The van der Waals surface area contributed by atoms with E-state index in [-0.39, 0.29) is 0 Å². The Labute approximate surface area is 79.0 Å². The molecule has 3 fully saturated rings. The molecule has 0 bridgehead atoms. The summed E-state index contributed by atoms with van der Waals surface area (Å²) in [5, 5.41) is 0. The van der Waals surface area contributed by atoms with E-state index in [2.05, 4.69) is 4.90 Å². The van der Waals surface area contributed by atoms with Crippen LogP contribution in [0.25, 0.3) is 0 Å². The normalized spacial score (nSPS) is 37.4. The first-order valence-corrected chi connectivity index (χ1v) is 5.28. The van der Waals surface area contributed by atoms with E-state index in [0.29, 0.717) is 11.5 Å². The van der Waals surface area contributed by atoms with Gasteiger partial charge in [-0.3, -0.25) is 0 Å². The monoisotopic (exact) mass is 183 g/mol. The lowest BCUT2D eigenvalue weighted by Gasteiger charge is -2.47. The Morgan fingerprint density at radius 3 is 2.38 bits per heavy atom. The molecule has 0 aromatic heterocycles. The van der Waals surface area contributed by atoms with E-state index in [1.165, 1.54) is 25.9 Å². The van der Waals surface area contributed by atoms with Crippen LogP contribution in [0.2, 0.25) is 0 Å². The van der Waals surface area contributed by atoms with Gasteiger partial charge in [0.15, 0.2) is 0 Å². The first-order valence-electron chi connectivity index (χ1n) is 5.28. The van der Waals surface area contributed by atoms with Crippen LogP contribution in [0.3, 0.4) is 0 Å². The minimum atomic E-state index is 0.562. The number of hydrogen-bond donors (Lipinski definition) is 0. The number of ether oxygens (including phenoxy) is 2. The highest BCUT2D eigenvalue weighted by Crippen LogP contribution is 2.38. The van der Waals surface area contributed by atoms with Gasteiger partial charge in [0.25, 0.3) is 0 Å². The molecule has 1 spiro atoms. The fourth-order valence-electron chi connectivity index (χ4n) is 2.35. The van der Waals surface area contributed by atoms with Crippen molar-refractivity contribution in [3.63, 3.8) is 0 Å². The molecule has 0 radical (unpaired) electrons. The van der Waals surface area contributed by atoms with Gasteiger partial charge in [-0.2, -0.15) is 0 Å². The Hall–Kier alpha value is -0.120. The van der Waals surface area contributed by atoms with Crippen LogP contribution in [0.1, 0.15) is 12.8 Å². The number of hydrogen-bond acceptors (Lipinski definition) is 3. The van der Waals surface area contributed by atoms with Crippen LogP contribution in [0.5, 0.6) is 0 Å². The first-order chi connectivity index (χ1) is 6.36. The van der Waals surface area contributed by atoms with Gasteiger partial charge >= 0.3 is 0 Å². The summed E-state index contributed by atoms with van der Waals surface area (Å²) in [7, 11) is 0. The molecule has 0 N–H and O–H groups in total. The predicted octanol–water partition coefficient (Wildman–Crippen LogP) is 0.498. The van der Waals surface area contributed by atoms with E-state index in [9.17, 15) is 0 Å². The lowest BCUT2D eigenvalue weighted by atomic mass is 9.77.